The summed E-state index contributed by atoms with van der Waals surface area (Å²) in [6.45, 7) is 0.607. The standard InChI is InChI=1S/C13H13NS.C8H4F6/c14-10-11-6-8-13(9-7-11)15-12-4-2-1-3-5-12;9-7(10,11)5-2-1-3-6(4-5)8(12,13)14/h1-9H,10,14H2;1-4H. The summed E-state index contributed by atoms with van der Waals surface area (Å²) in [7, 11) is 0. The molecule has 0 saturated heterocycles. The first-order valence-electron chi connectivity index (χ1n) is 8.36. The van der Waals surface area contributed by atoms with E-state index >= 15 is 0 Å². The first kappa shape index (κ1) is 22.8. The molecule has 0 aliphatic carbocycles. The van der Waals surface area contributed by atoms with Crippen LogP contribution in [0, 0.1) is 0 Å². The molecule has 0 atom stereocenters. The van der Waals surface area contributed by atoms with Gasteiger partial charge in [-0.3, -0.25) is 0 Å². The Morgan fingerprint density at radius 2 is 1.10 bits per heavy atom. The van der Waals surface area contributed by atoms with E-state index in [4.69, 9.17) is 5.73 Å². The van der Waals surface area contributed by atoms with Crippen molar-refractivity contribution >= 4 is 11.8 Å². The Kier molecular flexibility index (Phi) is 7.75. The molecule has 2 N–H and O–H groups in total. The molecule has 8 heteroatoms. The van der Waals surface area contributed by atoms with Crippen molar-refractivity contribution in [1.29, 1.82) is 0 Å². The summed E-state index contributed by atoms with van der Waals surface area (Å²) < 4.78 is 71.9. The van der Waals surface area contributed by atoms with Gasteiger partial charge in [0.2, 0.25) is 0 Å². The molecular weight excluding hydrogens is 412 g/mol. The molecule has 0 aliphatic heterocycles. The number of nitrogens with two attached hydrogens (primary N) is 1. The van der Waals surface area contributed by atoms with Gasteiger partial charge in [-0.1, -0.05) is 48.2 Å². The van der Waals surface area contributed by atoms with Crippen molar-refractivity contribution in [2.75, 3.05) is 0 Å². The molecular formula is C21H17F6NS. The van der Waals surface area contributed by atoms with Gasteiger partial charge >= 0.3 is 12.4 Å². The van der Waals surface area contributed by atoms with Crippen molar-refractivity contribution in [2.45, 2.75) is 28.7 Å². The molecule has 29 heavy (non-hydrogen) atoms. The second-order valence-electron chi connectivity index (χ2n) is 5.84. The molecule has 0 saturated carbocycles. The predicted octanol–water partition coefficient (Wildman–Crippen LogP) is 7.02. The fourth-order valence-corrected chi connectivity index (χ4v) is 3.03. The second kappa shape index (κ2) is 9.84. The third-order valence-electron chi connectivity index (χ3n) is 3.66. The maximum Gasteiger partial charge on any atom is 0.416 e. The lowest BCUT2D eigenvalue weighted by Gasteiger charge is -2.10. The topological polar surface area (TPSA) is 26.0 Å². The van der Waals surface area contributed by atoms with E-state index in [9.17, 15) is 26.3 Å². The summed E-state index contributed by atoms with van der Waals surface area (Å²) in [6, 6.07) is 20.7. The Hall–Kier alpha value is -2.45. The van der Waals surface area contributed by atoms with Gasteiger partial charge in [-0.2, -0.15) is 26.3 Å². The van der Waals surface area contributed by atoms with Crippen LogP contribution in [0.2, 0.25) is 0 Å². The van der Waals surface area contributed by atoms with Crippen molar-refractivity contribution in [1.82, 2.24) is 0 Å². The van der Waals surface area contributed by atoms with Gasteiger partial charge in [0.1, 0.15) is 0 Å². The number of rotatable bonds is 3. The molecule has 3 aromatic carbocycles. The minimum Gasteiger partial charge on any atom is -0.326 e. The van der Waals surface area contributed by atoms with Gasteiger partial charge in [0.25, 0.3) is 0 Å². The van der Waals surface area contributed by atoms with E-state index in [0.29, 0.717) is 18.7 Å². The maximum absolute atomic E-state index is 12.0. The van der Waals surface area contributed by atoms with Crippen LogP contribution in [0.3, 0.4) is 0 Å². The highest BCUT2D eigenvalue weighted by Gasteiger charge is 2.35. The molecule has 0 aromatic heterocycles. The Bertz CT molecular complexity index is 860. The highest BCUT2D eigenvalue weighted by atomic mass is 32.2. The van der Waals surface area contributed by atoms with Crippen molar-refractivity contribution in [3.8, 4) is 0 Å². The van der Waals surface area contributed by atoms with Gasteiger partial charge in [0.15, 0.2) is 0 Å². The smallest absolute Gasteiger partial charge is 0.326 e. The van der Waals surface area contributed by atoms with Crippen LogP contribution >= 0.6 is 11.8 Å². The lowest BCUT2D eigenvalue weighted by atomic mass is 10.1. The maximum atomic E-state index is 12.0. The number of benzene rings is 3. The summed E-state index contributed by atoms with van der Waals surface area (Å²) in [5.74, 6) is 0. The fraction of sp³-hybridized carbons (Fsp3) is 0.143. The molecule has 3 aromatic rings. The van der Waals surface area contributed by atoms with E-state index in [1.165, 1.54) is 15.4 Å². The molecule has 1 nitrogen and oxygen atoms in total. The summed E-state index contributed by atoms with van der Waals surface area (Å²) in [5.41, 5.74) is 4.12. The summed E-state index contributed by atoms with van der Waals surface area (Å²) >= 11 is 1.77. The molecule has 0 bridgehead atoms. The average Bonchev–Trinajstić information content (AvgIpc) is 2.69. The highest BCUT2D eigenvalue weighted by Crippen LogP contribution is 2.34. The Morgan fingerprint density at radius 1 is 0.621 bits per heavy atom. The molecule has 0 amide bonds. The lowest BCUT2D eigenvalue weighted by Crippen LogP contribution is -2.09. The van der Waals surface area contributed by atoms with E-state index in [2.05, 4.69) is 48.5 Å². The number of hydrogen-bond acceptors (Lipinski definition) is 2. The van der Waals surface area contributed by atoms with Gasteiger partial charge < -0.3 is 5.73 Å². The number of halogens is 6. The summed E-state index contributed by atoms with van der Waals surface area (Å²) in [5, 5.41) is 0. The Labute approximate surface area is 168 Å². The minimum atomic E-state index is -4.75. The van der Waals surface area contributed by atoms with Crippen LogP contribution in [0.4, 0.5) is 26.3 Å². The van der Waals surface area contributed by atoms with Gasteiger partial charge in [0, 0.05) is 16.3 Å². The van der Waals surface area contributed by atoms with Crippen LogP contribution in [-0.2, 0) is 18.9 Å². The Balaban J connectivity index is 0.000000208. The predicted molar refractivity (Wildman–Crippen MR) is 101 cm³/mol. The minimum absolute atomic E-state index is 0.0833. The fourth-order valence-electron chi connectivity index (χ4n) is 2.19. The summed E-state index contributed by atoms with van der Waals surface area (Å²) in [6.07, 6.45) is -9.50. The molecule has 3 rings (SSSR count). The van der Waals surface area contributed by atoms with Crippen molar-refractivity contribution in [3.63, 3.8) is 0 Å². The van der Waals surface area contributed by atoms with E-state index in [0.717, 1.165) is 6.07 Å². The molecule has 0 aliphatic rings. The Morgan fingerprint density at radius 3 is 1.55 bits per heavy atom. The quantitative estimate of drug-likeness (QED) is 0.453. The largest absolute Gasteiger partial charge is 0.416 e. The normalized spacial score (nSPS) is 11.6. The first-order valence-corrected chi connectivity index (χ1v) is 9.17. The zero-order valence-corrected chi connectivity index (χ0v) is 15.8. The zero-order chi connectivity index (χ0) is 21.5. The average molecular weight is 429 g/mol. The SMILES string of the molecule is FC(F)(F)c1cccc(C(F)(F)F)c1.NCc1ccc(Sc2ccccc2)cc1. The van der Waals surface area contributed by atoms with E-state index in [1.807, 2.05) is 6.07 Å². The van der Waals surface area contributed by atoms with Crippen molar-refractivity contribution in [2.24, 2.45) is 5.73 Å². The number of alkyl halides is 6. The van der Waals surface area contributed by atoms with Crippen LogP contribution in [-0.4, -0.2) is 0 Å². The third-order valence-corrected chi connectivity index (χ3v) is 4.67. The first-order chi connectivity index (χ1) is 13.6. The molecule has 0 heterocycles. The van der Waals surface area contributed by atoms with Gasteiger partial charge in [-0.05, 0) is 48.0 Å². The van der Waals surface area contributed by atoms with E-state index in [-0.39, 0.29) is 6.07 Å². The van der Waals surface area contributed by atoms with Gasteiger partial charge in [-0.15, -0.1) is 0 Å². The van der Waals surface area contributed by atoms with E-state index in [1.54, 1.807) is 11.8 Å². The van der Waals surface area contributed by atoms with E-state index < -0.39 is 23.5 Å². The molecule has 154 valence electrons. The molecule has 0 radical (unpaired) electrons. The summed E-state index contributed by atoms with van der Waals surface area (Å²) in [4.78, 5) is 2.51. The molecule has 0 spiro atoms. The zero-order valence-electron chi connectivity index (χ0n) is 15.0. The van der Waals surface area contributed by atoms with Crippen molar-refractivity contribution < 1.29 is 26.3 Å². The number of hydrogen-bond donors (Lipinski definition) is 1. The highest BCUT2D eigenvalue weighted by molar-refractivity contribution is 7.99. The van der Waals surface area contributed by atoms with Crippen LogP contribution < -0.4 is 5.73 Å². The monoisotopic (exact) mass is 429 g/mol. The lowest BCUT2D eigenvalue weighted by molar-refractivity contribution is -0.143. The molecule has 0 fully saturated rings. The van der Waals surface area contributed by atoms with Crippen LogP contribution in [0.15, 0.2) is 88.7 Å². The van der Waals surface area contributed by atoms with Crippen molar-refractivity contribution in [3.05, 3.63) is 95.6 Å². The van der Waals surface area contributed by atoms with Gasteiger partial charge in [0.05, 0.1) is 11.1 Å². The van der Waals surface area contributed by atoms with Crippen LogP contribution in [0.1, 0.15) is 16.7 Å². The third kappa shape index (κ3) is 7.47. The van der Waals surface area contributed by atoms with Crippen LogP contribution in [0.25, 0.3) is 0 Å². The van der Waals surface area contributed by atoms with Gasteiger partial charge in [-0.25, -0.2) is 0 Å². The molecule has 0 unspecified atom stereocenters. The van der Waals surface area contributed by atoms with Crippen LogP contribution in [0.5, 0.6) is 0 Å². The second-order valence-corrected chi connectivity index (χ2v) is 6.99.